The Morgan fingerprint density at radius 1 is 1.00 bits per heavy atom. The molecule has 2 aliphatic heterocycles. The highest BCUT2D eigenvalue weighted by Gasteiger charge is 2.31. The van der Waals surface area contributed by atoms with Crippen LogP contribution in [0.15, 0.2) is 30.3 Å². The molecule has 0 bridgehead atoms. The summed E-state index contributed by atoms with van der Waals surface area (Å²) in [6.45, 7) is 4.59. The van der Waals surface area contributed by atoms with Gasteiger partial charge in [-0.25, -0.2) is 0 Å². The van der Waals surface area contributed by atoms with Crippen LogP contribution in [0.4, 0.5) is 0 Å². The fourth-order valence-corrected chi connectivity index (χ4v) is 3.27. The Balaban J connectivity index is 0.00000192. The number of nitrogens with one attached hydrogen (secondary N) is 1. The van der Waals surface area contributed by atoms with Gasteiger partial charge in [0.05, 0.1) is 5.92 Å². The molecule has 0 spiro atoms. The number of hydrogen-bond acceptors (Lipinski definition) is 3. The van der Waals surface area contributed by atoms with Gasteiger partial charge in [-0.1, -0.05) is 18.2 Å². The van der Waals surface area contributed by atoms with E-state index in [1.807, 2.05) is 40.1 Å². The first-order valence-corrected chi connectivity index (χ1v) is 8.09. The Bertz CT molecular complexity index is 532. The summed E-state index contributed by atoms with van der Waals surface area (Å²) in [6, 6.07) is 9.33. The summed E-state index contributed by atoms with van der Waals surface area (Å²) < 4.78 is 0. The molecule has 1 aromatic rings. The van der Waals surface area contributed by atoms with E-state index < -0.39 is 0 Å². The number of rotatable bonds is 2. The summed E-state index contributed by atoms with van der Waals surface area (Å²) in [5.41, 5.74) is 0.706. The van der Waals surface area contributed by atoms with Gasteiger partial charge in [-0.3, -0.25) is 9.59 Å². The quantitative estimate of drug-likeness (QED) is 0.887. The maximum Gasteiger partial charge on any atom is 0.253 e. The van der Waals surface area contributed by atoms with E-state index in [0.29, 0.717) is 12.1 Å². The first-order chi connectivity index (χ1) is 10.8. The molecule has 1 aromatic carbocycles. The Hall–Kier alpha value is -1.59. The molecule has 2 fully saturated rings. The minimum Gasteiger partial charge on any atom is -0.340 e. The van der Waals surface area contributed by atoms with Crippen molar-refractivity contribution in [3.05, 3.63) is 35.9 Å². The second-order valence-electron chi connectivity index (χ2n) is 6.03. The van der Waals surface area contributed by atoms with Crippen LogP contribution in [0, 0.1) is 5.92 Å². The monoisotopic (exact) mass is 337 g/mol. The maximum atomic E-state index is 12.6. The normalized spacial score (nSPS) is 21.5. The van der Waals surface area contributed by atoms with Crippen LogP contribution < -0.4 is 5.32 Å². The molecule has 5 nitrogen and oxygen atoms in total. The lowest BCUT2D eigenvalue weighted by molar-refractivity contribution is -0.137. The molecule has 3 rings (SSSR count). The van der Waals surface area contributed by atoms with E-state index in [4.69, 9.17) is 0 Å². The number of carbonyl (C=O) groups excluding carboxylic acids is 2. The van der Waals surface area contributed by atoms with Crippen LogP contribution in [0.3, 0.4) is 0 Å². The second-order valence-corrected chi connectivity index (χ2v) is 6.03. The van der Waals surface area contributed by atoms with Crippen LogP contribution in [0.25, 0.3) is 0 Å². The summed E-state index contributed by atoms with van der Waals surface area (Å²) in [4.78, 5) is 28.9. The highest BCUT2D eigenvalue weighted by atomic mass is 35.5. The van der Waals surface area contributed by atoms with E-state index in [1.165, 1.54) is 0 Å². The predicted molar refractivity (Wildman–Crippen MR) is 91.8 cm³/mol. The highest BCUT2D eigenvalue weighted by molar-refractivity contribution is 5.94. The van der Waals surface area contributed by atoms with Crippen molar-refractivity contribution in [3.8, 4) is 0 Å². The molecule has 1 atom stereocenters. The fourth-order valence-electron chi connectivity index (χ4n) is 3.27. The molecule has 23 heavy (non-hydrogen) atoms. The zero-order valence-corrected chi connectivity index (χ0v) is 14.1. The number of carbonyl (C=O) groups is 2. The number of nitrogens with zero attached hydrogens (tertiary/aromatic N) is 2. The van der Waals surface area contributed by atoms with Gasteiger partial charge in [0.25, 0.3) is 5.91 Å². The molecule has 2 saturated heterocycles. The average molecular weight is 338 g/mol. The highest BCUT2D eigenvalue weighted by Crippen LogP contribution is 2.21. The van der Waals surface area contributed by atoms with E-state index in [-0.39, 0.29) is 30.1 Å². The molecule has 2 amide bonds. The fraction of sp³-hybridized carbons (Fsp3) is 0.529. The van der Waals surface area contributed by atoms with E-state index in [0.717, 1.165) is 45.6 Å². The van der Waals surface area contributed by atoms with Crippen LogP contribution in [-0.2, 0) is 4.79 Å². The van der Waals surface area contributed by atoms with Gasteiger partial charge in [-0.05, 0) is 25.0 Å². The standard InChI is InChI=1S/C17H23N3O2.ClH/c21-16(14-5-2-1-3-6-14)20-10-4-7-15(13-20)17(22)19-11-8-18-9-12-19;/h1-3,5-6,15,18H,4,7-13H2;1H. The SMILES string of the molecule is Cl.O=C(c1ccccc1)N1CCCC(C(=O)N2CCNCC2)C1. The largest absolute Gasteiger partial charge is 0.340 e. The Morgan fingerprint density at radius 3 is 2.39 bits per heavy atom. The van der Waals surface area contributed by atoms with Crippen LogP contribution in [0.5, 0.6) is 0 Å². The molecule has 0 aromatic heterocycles. The van der Waals surface area contributed by atoms with Crippen LogP contribution in [0.2, 0.25) is 0 Å². The van der Waals surface area contributed by atoms with Crippen molar-refractivity contribution >= 4 is 24.2 Å². The first kappa shape index (κ1) is 17.8. The molecule has 0 aliphatic carbocycles. The van der Waals surface area contributed by atoms with Crippen LogP contribution in [-0.4, -0.2) is 60.9 Å². The molecule has 2 aliphatic rings. The second kappa shape index (κ2) is 8.31. The maximum absolute atomic E-state index is 12.6. The van der Waals surface area contributed by atoms with Gasteiger partial charge >= 0.3 is 0 Å². The summed E-state index contributed by atoms with van der Waals surface area (Å²) in [5, 5.41) is 3.26. The third kappa shape index (κ3) is 4.24. The van der Waals surface area contributed by atoms with Gasteiger partial charge < -0.3 is 15.1 Å². The third-order valence-electron chi connectivity index (χ3n) is 4.51. The zero-order chi connectivity index (χ0) is 15.4. The Morgan fingerprint density at radius 2 is 1.70 bits per heavy atom. The summed E-state index contributed by atoms with van der Waals surface area (Å²) in [6.07, 6.45) is 1.79. The van der Waals surface area contributed by atoms with Crippen molar-refractivity contribution in [3.63, 3.8) is 0 Å². The van der Waals surface area contributed by atoms with E-state index in [2.05, 4.69) is 5.32 Å². The first-order valence-electron chi connectivity index (χ1n) is 8.09. The number of likely N-dealkylation sites (tertiary alicyclic amines) is 1. The Kier molecular flexibility index (Phi) is 6.42. The molecular weight excluding hydrogens is 314 g/mol. The van der Waals surface area contributed by atoms with Gasteiger partial charge in [-0.2, -0.15) is 0 Å². The lowest BCUT2D eigenvalue weighted by atomic mass is 9.95. The lowest BCUT2D eigenvalue weighted by Crippen LogP contribution is -2.52. The minimum atomic E-state index is -0.0421. The number of halogens is 1. The smallest absolute Gasteiger partial charge is 0.253 e. The van der Waals surface area contributed by atoms with Gasteiger partial charge in [0.15, 0.2) is 0 Å². The topological polar surface area (TPSA) is 52.7 Å². The van der Waals surface area contributed by atoms with Gasteiger partial charge in [-0.15, -0.1) is 12.4 Å². The van der Waals surface area contributed by atoms with Crippen molar-refractivity contribution in [1.29, 1.82) is 0 Å². The number of amides is 2. The summed E-state index contributed by atoms with van der Waals surface area (Å²) in [7, 11) is 0. The lowest BCUT2D eigenvalue weighted by Gasteiger charge is -2.36. The van der Waals surface area contributed by atoms with Crippen molar-refractivity contribution < 1.29 is 9.59 Å². The van der Waals surface area contributed by atoms with E-state index in [9.17, 15) is 9.59 Å². The number of benzene rings is 1. The molecule has 1 N–H and O–H groups in total. The molecule has 126 valence electrons. The van der Waals surface area contributed by atoms with E-state index in [1.54, 1.807) is 0 Å². The average Bonchev–Trinajstić information content (AvgIpc) is 2.62. The third-order valence-corrected chi connectivity index (χ3v) is 4.51. The summed E-state index contributed by atoms with van der Waals surface area (Å²) in [5.74, 6) is 0.213. The van der Waals surface area contributed by atoms with Crippen molar-refractivity contribution in [1.82, 2.24) is 15.1 Å². The van der Waals surface area contributed by atoms with Gasteiger partial charge in [0, 0.05) is 44.8 Å². The molecule has 0 saturated carbocycles. The van der Waals surface area contributed by atoms with Crippen LogP contribution in [0.1, 0.15) is 23.2 Å². The molecule has 2 heterocycles. The van der Waals surface area contributed by atoms with Crippen molar-refractivity contribution in [2.45, 2.75) is 12.8 Å². The molecule has 0 radical (unpaired) electrons. The molecule has 1 unspecified atom stereocenters. The number of piperazine rings is 1. The summed E-state index contributed by atoms with van der Waals surface area (Å²) >= 11 is 0. The minimum absolute atomic E-state index is 0. The van der Waals surface area contributed by atoms with Gasteiger partial charge in [0.2, 0.25) is 5.91 Å². The van der Waals surface area contributed by atoms with Gasteiger partial charge in [0.1, 0.15) is 0 Å². The van der Waals surface area contributed by atoms with Crippen LogP contribution >= 0.6 is 12.4 Å². The Labute approximate surface area is 143 Å². The number of hydrogen-bond donors (Lipinski definition) is 1. The molecular formula is C17H24ClN3O2. The number of piperidine rings is 1. The van der Waals surface area contributed by atoms with Crippen molar-refractivity contribution in [2.24, 2.45) is 5.92 Å². The van der Waals surface area contributed by atoms with Crippen molar-refractivity contribution in [2.75, 3.05) is 39.3 Å². The zero-order valence-electron chi connectivity index (χ0n) is 13.2. The molecule has 6 heteroatoms. The predicted octanol–water partition coefficient (Wildman–Crippen LogP) is 1.39. The van der Waals surface area contributed by atoms with E-state index >= 15 is 0 Å².